The van der Waals surface area contributed by atoms with Crippen molar-refractivity contribution in [1.29, 1.82) is 0 Å². The lowest BCUT2D eigenvalue weighted by Crippen LogP contribution is -2.42. The number of hydrogen-bond acceptors (Lipinski definition) is 3. The molecule has 0 aliphatic rings. The van der Waals surface area contributed by atoms with Crippen LogP contribution in [-0.4, -0.2) is 51.3 Å². The lowest BCUT2D eigenvalue weighted by Gasteiger charge is -2.22. The van der Waals surface area contributed by atoms with E-state index in [1.807, 2.05) is 0 Å². The maximum Gasteiger partial charge on any atom is 0.406 e. The Kier molecular flexibility index (Phi) is 4.74. The lowest BCUT2D eigenvalue weighted by molar-refractivity contribution is -0.165. The maximum absolute atomic E-state index is 12.3. The highest BCUT2D eigenvalue weighted by Crippen LogP contribution is 2.18. The average Bonchev–Trinajstić information content (AvgIpc) is 2.57. The molecule has 0 spiro atoms. The molecule has 0 atom stereocenters. The first-order valence-corrected chi connectivity index (χ1v) is 5.67. The van der Waals surface area contributed by atoms with Crippen LogP contribution in [0.25, 0.3) is 0 Å². The summed E-state index contributed by atoms with van der Waals surface area (Å²) in [5, 5.41) is 15.0. The molecule has 0 fully saturated rings. The summed E-state index contributed by atoms with van der Waals surface area (Å²) < 4.78 is 37.0. The van der Waals surface area contributed by atoms with Crippen molar-refractivity contribution in [3.63, 3.8) is 0 Å². The molecule has 1 rings (SSSR count). The second-order valence-electron chi connectivity index (χ2n) is 4.35. The SMILES string of the molecule is Cc1n[nH]c(C)c1CC(=O)N(CC(=O)O)CC(F)(F)F. The predicted molar refractivity (Wildman–Crippen MR) is 62.0 cm³/mol. The lowest BCUT2D eigenvalue weighted by atomic mass is 10.1. The van der Waals surface area contributed by atoms with Crippen LogP contribution in [0.3, 0.4) is 0 Å². The van der Waals surface area contributed by atoms with Crippen molar-refractivity contribution in [2.75, 3.05) is 13.1 Å². The number of nitrogens with one attached hydrogen (secondary N) is 1. The fraction of sp³-hybridized carbons (Fsp3) is 0.545. The third-order valence-corrected chi connectivity index (χ3v) is 2.66. The quantitative estimate of drug-likeness (QED) is 0.849. The Morgan fingerprint density at radius 1 is 1.35 bits per heavy atom. The van der Waals surface area contributed by atoms with Crippen molar-refractivity contribution in [3.8, 4) is 0 Å². The number of rotatable bonds is 5. The van der Waals surface area contributed by atoms with Crippen molar-refractivity contribution in [2.24, 2.45) is 0 Å². The Morgan fingerprint density at radius 3 is 2.35 bits per heavy atom. The summed E-state index contributed by atoms with van der Waals surface area (Å²) in [6.45, 7) is 0.660. The van der Waals surface area contributed by atoms with Crippen molar-refractivity contribution in [3.05, 3.63) is 17.0 Å². The van der Waals surface area contributed by atoms with Crippen LogP contribution < -0.4 is 0 Å². The predicted octanol–water partition coefficient (Wildman–Crippen LogP) is 1.04. The van der Waals surface area contributed by atoms with Gasteiger partial charge in [0.25, 0.3) is 0 Å². The first-order valence-electron chi connectivity index (χ1n) is 5.67. The fourth-order valence-electron chi connectivity index (χ4n) is 1.71. The minimum absolute atomic E-state index is 0.272. The average molecular weight is 293 g/mol. The van der Waals surface area contributed by atoms with E-state index in [1.165, 1.54) is 0 Å². The van der Waals surface area contributed by atoms with Crippen molar-refractivity contribution in [1.82, 2.24) is 15.1 Å². The van der Waals surface area contributed by atoms with E-state index in [2.05, 4.69) is 10.2 Å². The first-order chi connectivity index (χ1) is 9.10. The fourth-order valence-corrected chi connectivity index (χ4v) is 1.71. The number of aromatic nitrogens is 2. The molecule has 0 aliphatic carbocycles. The summed E-state index contributed by atoms with van der Waals surface area (Å²) in [6, 6.07) is 0. The zero-order chi connectivity index (χ0) is 15.5. The van der Waals surface area contributed by atoms with E-state index in [4.69, 9.17) is 5.11 Å². The van der Waals surface area contributed by atoms with Gasteiger partial charge in [0.05, 0.1) is 12.1 Å². The molecule has 0 aromatic carbocycles. The highest BCUT2D eigenvalue weighted by Gasteiger charge is 2.34. The smallest absolute Gasteiger partial charge is 0.406 e. The molecule has 2 N–H and O–H groups in total. The summed E-state index contributed by atoms with van der Waals surface area (Å²) in [5.74, 6) is -2.40. The van der Waals surface area contributed by atoms with Gasteiger partial charge in [0.1, 0.15) is 13.1 Å². The van der Waals surface area contributed by atoms with Crippen molar-refractivity contribution < 1.29 is 27.9 Å². The summed E-state index contributed by atoms with van der Waals surface area (Å²) in [6.07, 6.45) is -4.97. The van der Waals surface area contributed by atoms with Crippen LogP contribution >= 0.6 is 0 Å². The molecule has 20 heavy (non-hydrogen) atoms. The van der Waals surface area contributed by atoms with Crippen LogP contribution in [0.5, 0.6) is 0 Å². The highest BCUT2D eigenvalue weighted by atomic mass is 19.4. The molecule has 6 nitrogen and oxygen atoms in total. The van der Waals surface area contributed by atoms with E-state index >= 15 is 0 Å². The van der Waals surface area contributed by atoms with Crippen molar-refractivity contribution >= 4 is 11.9 Å². The number of carbonyl (C=O) groups excluding carboxylic acids is 1. The first kappa shape index (κ1) is 16.0. The molecule has 0 bridgehead atoms. The monoisotopic (exact) mass is 293 g/mol. The van der Waals surface area contributed by atoms with Gasteiger partial charge in [-0.1, -0.05) is 0 Å². The number of H-pyrrole nitrogens is 1. The molecule has 1 aromatic rings. The number of carboxylic acid groups (broad SMARTS) is 1. The maximum atomic E-state index is 12.3. The third kappa shape index (κ3) is 4.56. The van der Waals surface area contributed by atoms with E-state index < -0.39 is 31.1 Å². The Hall–Kier alpha value is -2.06. The number of carbonyl (C=O) groups is 2. The highest BCUT2D eigenvalue weighted by molar-refractivity contribution is 5.83. The number of aromatic amines is 1. The number of amides is 1. The Labute approximate surface area is 112 Å². The largest absolute Gasteiger partial charge is 0.480 e. The van der Waals surface area contributed by atoms with Crippen molar-refractivity contribution in [2.45, 2.75) is 26.4 Å². The van der Waals surface area contributed by atoms with E-state index in [0.717, 1.165) is 0 Å². The number of aliphatic carboxylic acids is 1. The van der Waals surface area contributed by atoms with Crippen LogP contribution in [0.4, 0.5) is 13.2 Å². The minimum atomic E-state index is -4.65. The molecule has 0 saturated heterocycles. The van der Waals surface area contributed by atoms with Crippen LogP contribution in [0.15, 0.2) is 0 Å². The number of hydrogen-bond donors (Lipinski definition) is 2. The summed E-state index contributed by atoms with van der Waals surface area (Å²) >= 11 is 0. The molecular weight excluding hydrogens is 279 g/mol. The number of halogens is 3. The molecule has 1 aromatic heterocycles. The Bertz CT molecular complexity index is 491. The van der Waals surface area contributed by atoms with Gasteiger partial charge in [0.15, 0.2) is 0 Å². The van der Waals surface area contributed by atoms with Crippen LogP contribution in [-0.2, 0) is 16.0 Å². The zero-order valence-corrected chi connectivity index (χ0v) is 10.9. The van der Waals surface area contributed by atoms with E-state index in [1.54, 1.807) is 13.8 Å². The number of nitrogens with zero attached hydrogens (tertiary/aromatic N) is 2. The third-order valence-electron chi connectivity index (χ3n) is 2.66. The molecule has 9 heteroatoms. The molecule has 112 valence electrons. The van der Waals surface area contributed by atoms with Gasteiger partial charge in [-0.15, -0.1) is 0 Å². The molecule has 1 heterocycles. The summed E-state index contributed by atoms with van der Waals surface area (Å²) in [5.41, 5.74) is 1.55. The topological polar surface area (TPSA) is 86.3 Å². The van der Waals surface area contributed by atoms with Crippen LogP contribution in [0, 0.1) is 13.8 Å². The van der Waals surface area contributed by atoms with E-state index in [-0.39, 0.29) is 11.3 Å². The van der Waals surface area contributed by atoms with E-state index in [9.17, 15) is 22.8 Å². The van der Waals surface area contributed by atoms with Gasteiger partial charge in [0.2, 0.25) is 5.91 Å². The summed E-state index contributed by atoms with van der Waals surface area (Å²) in [4.78, 5) is 22.7. The van der Waals surface area contributed by atoms with Gasteiger partial charge in [-0.2, -0.15) is 18.3 Å². The van der Waals surface area contributed by atoms with Crippen LogP contribution in [0.1, 0.15) is 17.0 Å². The van der Waals surface area contributed by atoms with Gasteiger partial charge in [-0.3, -0.25) is 14.7 Å². The Balaban J connectivity index is 2.85. The number of carboxylic acids is 1. The Morgan fingerprint density at radius 2 is 1.95 bits per heavy atom. The molecule has 0 aliphatic heterocycles. The van der Waals surface area contributed by atoms with E-state index in [0.29, 0.717) is 17.0 Å². The number of alkyl halides is 3. The van der Waals surface area contributed by atoms with Gasteiger partial charge >= 0.3 is 12.1 Å². The zero-order valence-electron chi connectivity index (χ0n) is 10.9. The molecular formula is C11H14F3N3O3. The molecule has 0 unspecified atom stereocenters. The molecule has 1 amide bonds. The van der Waals surface area contributed by atoms with Gasteiger partial charge in [-0.25, -0.2) is 0 Å². The van der Waals surface area contributed by atoms with Gasteiger partial charge in [0, 0.05) is 11.3 Å². The van der Waals surface area contributed by atoms with Crippen LogP contribution in [0.2, 0.25) is 0 Å². The molecule has 0 radical (unpaired) electrons. The molecule has 0 saturated carbocycles. The second kappa shape index (κ2) is 5.93. The standard InChI is InChI=1S/C11H14F3N3O3/c1-6-8(7(2)16-15-6)3-9(18)17(4-10(19)20)5-11(12,13)14/h3-5H2,1-2H3,(H,15,16)(H,19,20). The second-order valence-corrected chi connectivity index (χ2v) is 4.35. The normalized spacial score (nSPS) is 11.4. The number of aryl methyl sites for hydroxylation is 2. The van der Waals surface area contributed by atoms with Gasteiger partial charge in [-0.05, 0) is 13.8 Å². The minimum Gasteiger partial charge on any atom is -0.480 e. The summed E-state index contributed by atoms with van der Waals surface area (Å²) in [7, 11) is 0. The van der Waals surface area contributed by atoms with Gasteiger partial charge < -0.3 is 10.0 Å².